The molecule has 20 heavy (non-hydrogen) atoms. The second-order valence-electron chi connectivity index (χ2n) is 4.14. The second-order valence-corrected chi connectivity index (χ2v) is 6.55. The molecule has 118 valence electrons. The molecule has 0 aromatic carbocycles. The third-order valence-corrected chi connectivity index (χ3v) is 5.15. The minimum Gasteiger partial charge on any atom is -0.466 e. The van der Waals surface area contributed by atoms with Crippen LogP contribution in [0.3, 0.4) is 0 Å². The molecule has 0 unspecified atom stereocenters. The van der Waals surface area contributed by atoms with Crippen LogP contribution in [0.25, 0.3) is 0 Å². The Kier molecular flexibility index (Phi) is 11.7. The van der Waals surface area contributed by atoms with Gasteiger partial charge in [0.2, 0.25) is 0 Å². The highest BCUT2D eigenvalue weighted by Gasteiger charge is 2.37. The molecule has 6 heteroatoms. The summed E-state index contributed by atoms with van der Waals surface area (Å²) in [5.41, 5.74) is 1.95. The van der Waals surface area contributed by atoms with Gasteiger partial charge in [-0.1, -0.05) is 6.08 Å². The van der Waals surface area contributed by atoms with Crippen molar-refractivity contribution in [1.82, 2.24) is 0 Å². The summed E-state index contributed by atoms with van der Waals surface area (Å²) < 4.78 is 22.0. The topological polar surface area (TPSA) is 54.0 Å². The fraction of sp³-hybridized carbons (Fsp3) is 0.786. The minimum atomic E-state index is -2.65. The predicted octanol–water partition coefficient (Wildman–Crippen LogP) is 2.86. The Hall–Kier alpha value is -0.693. The average Bonchev–Trinajstić information content (AvgIpc) is 2.38. The number of esters is 1. The standard InChI is InChI=1S/C14H28O5Si/c1-5-17-20(18-6-2,19-7-3)13-11-9-8-10-12-16-14(4)15/h11,13H,5-10,12H2,1-4H3/b13-11-. The van der Waals surface area contributed by atoms with Crippen LogP contribution in [0, 0.1) is 0 Å². The summed E-state index contributed by atoms with van der Waals surface area (Å²) in [6.07, 6.45) is 4.75. The molecule has 0 aliphatic carbocycles. The van der Waals surface area contributed by atoms with Crippen LogP contribution >= 0.6 is 0 Å². The summed E-state index contributed by atoms with van der Waals surface area (Å²) >= 11 is 0. The Bertz CT molecular complexity index is 264. The predicted molar refractivity (Wildman–Crippen MR) is 80.3 cm³/mol. The van der Waals surface area contributed by atoms with Crippen molar-refractivity contribution in [1.29, 1.82) is 0 Å². The lowest BCUT2D eigenvalue weighted by molar-refractivity contribution is -0.141. The van der Waals surface area contributed by atoms with Crippen LogP contribution in [0.1, 0.15) is 47.0 Å². The first-order valence-electron chi connectivity index (χ1n) is 7.33. The van der Waals surface area contributed by atoms with E-state index in [0.29, 0.717) is 26.4 Å². The molecule has 0 aliphatic heterocycles. The molecule has 5 nitrogen and oxygen atoms in total. The van der Waals surface area contributed by atoms with Gasteiger partial charge in [0, 0.05) is 26.7 Å². The molecular formula is C14H28O5Si. The molecule has 0 aromatic heterocycles. The molecule has 0 fully saturated rings. The number of allylic oxidation sites excluding steroid dienone is 1. The summed E-state index contributed by atoms with van der Waals surface area (Å²) in [6.45, 7) is 9.43. The third-order valence-electron chi connectivity index (χ3n) is 2.43. The maximum absolute atomic E-state index is 10.6. The smallest absolute Gasteiger partial charge is 0.466 e. The van der Waals surface area contributed by atoms with Gasteiger partial charge >= 0.3 is 14.8 Å². The second kappa shape index (κ2) is 12.1. The van der Waals surface area contributed by atoms with Crippen molar-refractivity contribution in [3.8, 4) is 0 Å². The first-order chi connectivity index (χ1) is 9.60. The number of carbonyl (C=O) groups is 1. The maximum atomic E-state index is 10.6. The molecule has 0 aromatic rings. The summed E-state index contributed by atoms with van der Waals surface area (Å²) in [7, 11) is -2.65. The number of ether oxygens (including phenoxy) is 1. The van der Waals surface area contributed by atoms with E-state index in [4.69, 9.17) is 18.0 Å². The van der Waals surface area contributed by atoms with Gasteiger partial charge in [-0.05, 0) is 45.7 Å². The van der Waals surface area contributed by atoms with Gasteiger partial charge < -0.3 is 18.0 Å². The summed E-state index contributed by atoms with van der Waals surface area (Å²) in [5.74, 6) is -0.226. The molecule has 0 spiro atoms. The number of rotatable bonds is 12. The van der Waals surface area contributed by atoms with Crippen LogP contribution in [-0.4, -0.2) is 41.2 Å². The van der Waals surface area contributed by atoms with Gasteiger partial charge in [0.25, 0.3) is 0 Å². The van der Waals surface area contributed by atoms with Crippen LogP contribution in [0.15, 0.2) is 11.8 Å². The Morgan fingerprint density at radius 2 is 1.55 bits per heavy atom. The van der Waals surface area contributed by atoms with Gasteiger partial charge in [-0.25, -0.2) is 0 Å². The lowest BCUT2D eigenvalue weighted by Gasteiger charge is -2.25. The molecular weight excluding hydrogens is 276 g/mol. The Morgan fingerprint density at radius 1 is 1.00 bits per heavy atom. The summed E-state index contributed by atoms with van der Waals surface area (Å²) in [6, 6.07) is 0. The molecule has 0 rings (SSSR count). The van der Waals surface area contributed by atoms with Crippen LogP contribution < -0.4 is 0 Å². The van der Waals surface area contributed by atoms with Gasteiger partial charge in [-0.2, -0.15) is 0 Å². The zero-order valence-corrected chi connectivity index (χ0v) is 14.1. The van der Waals surface area contributed by atoms with Crippen molar-refractivity contribution in [2.75, 3.05) is 26.4 Å². The van der Waals surface area contributed by atoms with Gasteiger partial charge in [-0.15, -0.1) is 0 Å². The molecule has 0 bridgehead atoms. The molecule has 0 heterocycles. The van der Waals surface area contributed by atoms with E-state index in [-0.39, 0.29) is 5.97 Å². The van der Waals surface area contributed by atoms with Crippen molar-refractivity contribution < 1.29 is 22.8 Å². The monoisotopic (exact) mass is 304 g/mol. The molecule has 0 saturated heterocycles. The average molecular weight is 304 g/mol. The molecule has 0 radical (unpaired) electrons. The van der Waals surface area contributed by atoms with Crippen LogP contribution in [0.2, 0.25) is 0 Å². The van der Waals surface area contributed by atoms with Crippen molar-refractivity contribution in [3.63, 3.8) is 0 Å². The van der Waals surface area contributed by atoms with Crippen molar-refractivity contribution in [3.05, 3.63) is 11.8 Å². The van der Waals surface area contributed by atoms with Crippen LogP contribution in [0.4, 0.5) is 0 Å². The molecule has 0 aliphatic rings. The van der Waals surface area contributed by atoms with Crippen molar-refractivity contribution in [2.45, 2.75) is 47.0 Å². The van der Waals surface area contributed by atoms with E-state index in [0.717, 1.165) is 19.3 Å². The number of hydrogen-bond donors (Lipinski definition) is 0. The Balaban J connectivity index is 4.14. The zero-order valence-electron chi connectivity index (χ0n) is 13.1. The van der Waals surface area contributed by atoms with E-state index in [1.165, 1.54) is 6.92 Å². The number of hydrogen-bond acceptors (Lipinski definition) is 5. The molecule has 0 atom stereocenters. The van der Waals surface area contributed by atoms with Gasteiger partial charge in [0.05, 0.1) is 6.61 Å². The third kappa shape index (κ3) is 9.25. The van der Waals surface area contributed by atoms with Crippen LogP contribution in [0.5, 0.6) is 0 Å². The van der Waals surface area contributed by atoms with E-state index in [1.807, 2.05) is 32.5 Å². The highest BCUT2D eigenvalue weighted by Crippen LogP contribution is 2.13. The molecule has 0 saturated carbocycles. The molecule has 0 amide bonds. The van der Waals surface area contributed by atoms with Crippen molar-refractivity contribution >= 4 is 14.8 Å². The van der Waals surface area contributed by atoms with Gasteiger partial charge in [-0.3, -0.25) is 4.79 Å². The SMILES string of the molecule is CCO[Si](/C=C\CCCCOC(C)=O)(OCC)OCC. The van der Waals surface area contributed by atoms with E-state index in [9.17, 15) is 4.79 Å². The first-order valence-corrected chi connectivity index (χ1v) is 9.13. The maximum Gasteiger partial charge on any atom is 0.529 e. The fourth-order valence-corrected chi connectivity index (χ4v) is 3.88. The van der Waals surface area contributed by atoms with E-state index >= 15 is 0 Å². The number of unbranched alkanes of at least 4 members (excludes halogenated alkanes) is 2. The Labute approximate surface area is 123 Å². The normalized spacial score (nSPS) is 12.0. The minimum absolute atomic E-state index is 0.226. The van der Waals surface area contributed by atoms with Gasteiger partial charge in [0.1, 0.15) is 0 Å². The summed E-state index contributed by atoms with van der Waals surface area (Å²) in [4.78, 5) is 10.6. The zero-order chi connectivity index (χ0) is 15.3. The quantitative estimate of drug-likeness (QED) is 0.315. The number of carbonyl (C=O) groups excluding carboxylic acids is 1. The fourth-order valence-electron chi connectivity index (χ4n) is 1.68. The van der Waals surface area contributed by atoms with Crippen molar-refractivity contribution in [2.24, 2.45) is 0 Å². The lowest BCUT2D eigenvalue weighted by Crippen LogP contribution is -2.44. The van der Waals surface area contributed by atoms with E-state index in [2.05, 4.69) is 0 Å². The van der Waals surface area contributed by atoms with Crippen LogP contribution in [-0.2, 0) is 22.8 Å². The highest BCUT2D eigenvalue weighted by molar-refractivity contribution is 6.66. The lowest BCUT2D eigenvalue weighted by atomic mass is 10.2. The summed E-state index contributed by atoms with van der Waals surface area (Å²) in [5, 5.41) is 0. The Morgan fingerprint density at radius 3 is 2.00 bits per heavy atom. The van der Waals surface area contributed by atoms with E-state index in [1.54, 1.807) is 0 Å². The molecule has 0 N–H and O–H groups in total. The van der Waals surface area contributed by atoms with E-state index < -0.39 is 8.80 Å². The van der Waals surface area contributed by atoms with Gasteiger partial charge in [0.15, 0.2) is 0 Å². The highest BCUT2D eigenvalue weighted by atomic mass is 28.4. The first kappa shape index (κ1) is 19.3. The largest absolute Gasteiger partial charge is 0.529 e.